The number of aromatic nitrogens is 2. The summed E-state index contributed by atoms with van der Waals surface area (Å²) in [6, 6.07) is 10.8. The number of nitrogens with one attached hydrogen (secondary N) is 1. The number of carbonyl (C=O) groups is 2. The molecular weight excluding hydrogens is 380 g/mol. The van der Waals surface area contributed by atoms with Crippen molar-refractivity contribution < 1.29 is 19.2 Å². The summed E-state index contributed by atoms with van der Waals surface area (Å²) in [7, 11) is 1.40. The van der Waals surface area contributed by atoms with Crippen molar-refractivity contribution in [1.29, 1.82) is 0 Å². The number of hydrogen-bond donors (Lipinski definition) is 1. The maximum absolute atomic E-state index is 12.4. The number of aryl methyl sites for hydroxylation is 2. The van der Waals surface area contributed by atoms with Crippen LogP contribution in [-0.4, -0.2) is 33.2 Å². The molecule has 1 amide bonds. The minimum absolute atomic E-state index is 0.0317. The van der Waals surface area contributed by atoms with E-state index in [-0.39, 0.29) is 28.0 Å². The van der Waals surface area contributed by atoms with Crippen LogP contribution in [0.2, 0.25) is 0 Å². The molecule has 0 bridgehead atoms. The molecule has 0 fully saturated rings. The molecule has 10 nitrogen and oxygen atoms in total. The van der Waals surface area contributed by atoms with Crippen LogP contribution in [0.15, 0.2) is 47.3 Å². The summed E-state index contributed by atoms with van der Waals surface area (Å²) in [6.45, 7) is 0.929. The molecule has 1 aromatic heterocycles. The molecule has 0 aliphatic heterocycles. The fraction of sp³-hybridized carbons (Fsp3) is 0.158. The summed E-state index contributed by atoms with van der Waals surface area (Å²) in [6.07, 6.45) is 0. The summed E-state index contributed by atoms with van der Waals surface area (Å²) in [5.41, 5.74) is -0.233. The number of ether oxygens (including phenoxy) is 1. The molecule has 2 aromatic carbocycles. The molecule has 0 saturated carbocycles. The van der Waals surface area contributed by atoms with E-state index in [0.717, 1.165) is 4.68 Å². The van der Waals surface area contributed by atoms with Gasteiger partial charge in [-0.1, -0.05) is 30.3 Å². The smallest absolute Gasteiger partial charge is 0.359 e. The van der Waals surface area contributed by atoms with Crippen molar-refractivity contribution in [3.05, 3.63) is 74.2 Å². The Morgan fingerprint density at radius 3 is 2.55 bits per heavy atom. The van der Waals surface area contributed by atoms with E-state index >= 15 is 0 Å². The molecule has 1 heterocycles. The standard InChI is InChI=1S/C19H16N4O6/c1-11-6-5-9-14(23(27)28)16(11)20-15(24)10-29-19(26)17-12-7-3-4-8-13(12)18(25)22(2)21-17/h3-9H,10H2,1-2H3,(H,20,24). The summed E-state index contributed by atoms with van der Waals surface area (Å²) < 4.78 is 6.02. The van der Waals surface area contributed by atoms with Crippen molar-refractivity contribution >= 4 is 34.0 Å². The maximum Gasteiger partial charge on any atom is 0.359 e. The van der Waals surface area contributed by atoms with Crippen LogP contribution in [-0.2, 0) is 16.6 Å². The normalized spacial score (nSPS) is 10.6. The van der Waals surface area contributed by atoms with Gasteiger partial charge in [0.05, 0.1) is 10.3 Å². The summed E-state index contributed by atoms with van der Waals surface area (Å²) in [5.74, 6) is -1.64. The van der Waals surface area contributed by atoms with Gasteiger partial charge in [-0.05, 0) is 18.6 Å². The van der Waals surface area contributed by atoms with Gasteiger partial charge in [-0.15, -0.1) is 0 Å². The van der Waals surface area contributed by atoms with Crippen LogP contribution in [0.4, 0.5) is 11.4 Å². The average Bonchev–Trinajstić information content (AvgIpc) is 2.70. The number of benzene rings is 2. The van der Waals surface area contributed by atoms with Crippen molar-refractivity contribution in [2.24, 2.45) is 7.05 Å². The lowest BCUT2D eigenvalue weighted by Gasteiger charge is -2.10. The molecule has 10 heteroatoms. The van der Waals surface area contributed by atoms with Crippen LogP contribution in [0.3, 0.4) is 0 Å². The number of nitro benzene ring substituents is 1. The van der Waals surface area contributed by atoms with Gasteiger partial charge in [0.15, 0.2) is 12.3 Å². The third kappa shape index (κ3) is 3.95. The monoisotopic (exact) mass is 396 g/mol. The Hall–Kier alpha value is -4.08. The van der Waals surface area contributed by atoms with Crippen LogP contribution in [0, 0.1) is 17.0 Å². The van der Waals surface area contributed by atoms with Gasteiger partial charge in [-0.3, -0.25) is 19.7 Å². The highest BCUT2D eigenvalue weighted by Gasteiger charge is 2.21. The Balaban J connectivity index is 1.78. The summed E-state index contributed by atoms with van der Waals surface area (Å²) >= 11 is 0. The minimum Gasteiger partial charge on any atom is -0.451 e. The second kappa shape index (κ2) is 7.89. The Labute approximate surface area is 163 Å². The average molecular weight is 396 g/mol. The van der Waals surface area contributed by atoms with E-state index in [0.29, 0.717) is 10.9 Å². The maximum atomic E-state index is 12.4. The second-order valence-corrected chi connectivity index (χ2v) is 6.17. The molecule has 1 N–H and O–H groups in total. The van der Waals surface area contributed by atoms with Crippen molar-refractivity contribution in [2.75, 3.05) is 11.9 Å². The summed E-state index contributed by atoms with van der Waals surface area (Å²) in [5, 5.41) is 18.0. The van der Waals surface area contributed by atoms with Crippen LogP contribution in [0.25, 0.3) is 10.8 Å². The van der Waals surface area contributed by atoms with Crippen LogP contribution >= 0.6 is 0 Å². The first-order valence-electron chi connectivity index (χ1n) is 8.46. The van der Waals surface area contributed by atoms with Gasteiger partial charge in [-0.25, -0.2) is 9.48 Å². The molecule has 0 spiro atoms. The highest BCUT2D eigenvalue weighted by molar-refractivity contribution is 6.03. The number of para-hydroxylation sites is 1. The Morgan fingerprint density at radius 1 is 1.17 bits per heavy atom. The third-order valence-electron chi connectivity index (χ3n) is 4.20. The van der Waals surface area contributed by atoms with Crippen molar-refractivity contribution in [2.45, 2.75) is 6.92 Å². The molecule has 0 aliphatic rings. The van der Waals surface area contributed by atoms with Crippen molar-refractivity contribution in [3.8, 4) is 0 Å². The first-order chi connectivity index (χ1) is 13.8. The molecule has 0 atom stereocenters. The third-order valence-corrected chi connectivity index (χ3v) is 4.20. The lowest BCUT2D eigenvalue weighted by Crippen LogP contribution is -2.26. The Kier molecular flexibility index (Phi) is 5.35. The highest BCUT2D eigenvalue weighted by atomic mass is 16.6. The van der Waals surface area contributed by atoms with Gasteiger partial charge in [-0.2, -0.15) is 5.10 Å². The number of carbonyl (C=O) groups excluding carboxylic acids is 2. The number of fused-ring (bicyclic) bond motifs is 1. The number of nitrogens with zero attached hydrogens (tertiary/aromatic N) is 3. The van der Waals surface area contributed by atoms with E-state index in [1.165, 1.54) is 19.2 Å². The van der Waals surface area contributed by atoms with Crippen LogP contribution in [0.5, 0.6) is 0 Å². The zero-order valence-corrected chi connectivity index (χ0v) is 15.5. The van der Waals surface area contributed by atoms with E-state index < -0.39 is 23.4 Å². The zero-order valence-electron chi connectivity index (χ0n) is 15.5. The summed E-state index contributed by atoms with van der Waals surface area (Å²) in [4.78, 5) is 47.2. The Bertz CT molecular complexity index is 1200. The van der Waals surface area contributed by atoms with Gasteiger partial charge in [0.25, 0.3) is 17.2 Å². The Morgan fingerprint density at radius 2 is 1.86 bits per heavy atom. The van der Waals surface area contributed by atoms with Crippen molar-refractivity contribution in [1.82, 2.24) is 9.78 Å². The molecule has 0 saturated heterocycles. The fourth-order valence-corrected chi connectivity index (χ4v) is 2.79. The van der Waals surface area contributed by atoms with E-state index in [2.05, 4.69) is 10.4 Å². The predicted octanol–water partition coefficient (Wildman–Crippen LogP) is 1.95. The largest absolute Gasteiger partial charge is 0.451 e. The molecule has 0 radical (unpaired) electrons. The molecule has 148 valence electrons. The SMILES string of the molecule is Cc1cccc([N+](=O)[O-])c1NC(=O)COC(=O)c1nn(C)c(=O)c2ccccc12. The number of anilines is 1. The number of amides is 1. The number of rotatable bonds is 5. The number of nitro groups is 1. The van der Waals surface area contributed by atoms with Gasteiger partial charge in [0.2, 0.25) is 0 Å². The lowest BCUT2D eigenvalue weighted by atomic mass is 10.1. The van der Waals surface area contributed by atoms with Crippen LogP contribution < -0.4 is 10.9 Å². The van der Waals surface area contributed by atoms with Gasteiger partial charge >= 0.3 is 5.97 Å². The quantitative estimate of drug-likeness (QED) is 0.396. The minimum atomic E-state index is -0.897. The van der Waals surface area contributed by atoms with Gasteiger partial charge < -0.3 is 10.1 Å². The van der Waals surface area contributed by atoms with Crippen molar-refractivity contribution in [3.63, 3.8) is 0 Å². The first kappa shape index (κ1) is 19.7. The van der Waals surface area contributed by atoms with E-state index in [1.54, 1.807) is 37.3 Å². The second-order valence-electron chi connectivity index (χ2n) is 6.17. The molecule has 0 aliphatic carbocycles. The molecule has 3 rings (SSSR count). The van der Waals surface area contributed by atoms with Gasteiger partial charge in [0, 0.05) is 18.5 Å². The zero-order chi connectivity index (χ0) is 21.1. The van der Waals surface area contributed by atoms with Crippen LogP contribution in [0.1, 0.15) is 16.1 Å². The number of hydrogen-bond acceptors (Lipinski definition) is 7. The topological polar surface area (TPSA) is 133 Å². The molecule has 0 unspecified atom stereocenters. The van der Waals surface area contributed by atoms with Gasteiger partial charge in [0.1, 0.15) is 5.69 Å². The highest BCUT2D eigenvalue weighted by Crippen LogP contribution is 2.27. The fourth-order valence-electron chi connectivity index (χ4n) is 2.79. The predicted molar refractivity (Wildman–Crippen MR) is 104 cm³/mol. The molecule has 3 aromatic rings. The molecule has 29 heavy (non-hydrogen) atoms. The lowest BCUT2D eigenvalue weighted by molar-refractivity contribution is -0.384. The van der Waals surface area contributed by atoms with E-state index in [1.807, 2.05) is 0 Å². The van der Waals surface area contributed by atoms with E-state index in [9.17, 15) is 24.5 Å². The number of esters is 1. The van der Waals surface area contributed by atoms with E-state index in [4.69, 9.17) is 4.74 Å². The first-order valence-corrected chi connectivity index (χ1v) is 8.46. The molecular formula is C19H16N4O6.